The van der Waals surface area contributed by atoms with Crippen LogP contribution in [0.2, 0.25) is 15.1 Å². The number of carbonyl (C=O) groups excluding carboxylic acids is 1. The number of aliphatic carboxylic acids is 1. The molecule has 0 saturated heterocycles. The molecule has 154 valence electrons. The van der Waals surface area contributed by atoms with Crippen LogP contribution in [-0.4, -0.2) is 36.7 Å². The first-order chi connectivity index (χ1) is 13.3. The quantitative estimate of drug-likeness (QED) is 0.431. The van der Waals surface area contributed by atoms with Crippen molar-refractivity contribution in [2.24, 2.45) is 0 Å². The van der Waals surface area contributed by atoms with Crippen LogP contribution in [0.25, 0.3) is 0 Å². The fourth-order valence-corrected chi connectivity index (χ4v) is 3.32. The number of carbonyl (C=O) groups is 1. The molecule has 2 rings (SSSR count). The Morgan fingerprint density at radius 2 is 1.46 bits per heavy atom. The highest BCUT2D eigenvalue weighted by molar-refractivity contribution is 6.43. The molecule has 0 fully saturated rings. The molecule has 0 radical (unpaired) electrons. The molecule has 0 atom stereocenters. The van der Waals surface area contributed by atoms with Crippen LogP contribution in [0.1, 0.15) is 26.3 Å². The van der Waals surface area contributed by atoms with Gasteiger partial charge in [0.2, 0.25) is 0 Å². The highest BCUT2D eigenvalue weighted by atomic mass is 35.5. The van der Waals surface area contributed by atoms with Crippen LogP contribution in [0.4, 0.5) is 0 Å². The van der Waals surface area contributed by atoms with Gasteiger partial charge in [0.25, 0.3) is 0 Å². The van der Waals surface area contributed by atoms with Gasteiger partial charge in [0.15, 0.2) is 0 Å². The molecule has 0 aromatic heterocycles. The normalized spacial score (nSPS) is 10.8. The van der Waals surface area contributed by atoms with Gasteiger partial charge in [-0.05, 0) is 26.8 Å². The second-order valence-electron chi connectivity index (χ2n) is 6.29. The molecule has 0 aliphatic rings. The summed E-state index contributed by atoms with van der Waals surface area (Å²) in [6.45, 7) is 11.1. The zero-order valence-corrected chi connectivity index (χ0v) is 18.7. The molecule has 0 unspecified atom stereocenters. The maximum atomic E-state index is 10.1. The molecule has 0 amide bonds. The number of hydrogen-bond acceptors (Lipinski definition) is 3. The lowest BCUT2D eigenvalue weighted by molar-refractivity contribution is -0.936. The van der Waals surface area contributed by atoms with Crippen molar-refractivity contribution in [1.29, 1.82) is 0 Å². The molecule has 0 spiro atoms. The summed E-state index contributed by atoms with van der Waals surface area (Å²) in [4.78, 5) is 10.1. The molecule has 2 aromatic carbocycles. The fourth-order valence-electron chi connectivity index (χ4n) is 2.73. The van der Waals surface area contributed by atoms with Crippen LogP contribution in [0.15, 0.2) is 42.5 Å². The Bertz CT molecular complexity index is 742. The van der Waals surface area contributed by atoms with Crippen molar-refractivity contribution < 1.29 is 19.1 Å². The lowest BCUT2D eigenvalue weighted by Gasteiger charge is -2.35. The molecular formula is C21H26Cl3NO3. The predicted molar refractivity (Wildman–Crippen MR) is 114 cm³/mol. The van der Waals surface area contributed by atoms with Crippen LogP contribution >= 0.6 is 34.8 Å². The van der Waals surface area contributed by atoms with Gasteiger partial charge in [-0.1, -0.05) is 65.1 Å². The van der Waals surface area contributed by atoms with Gasteiger partial charge in [-0.2, -0.15) is 0 Å². The summed E-state index contributed by atoms with van der Waals surface area (Å²) in [7, 11) is 0. The van der Waals surface area contributed by atoms with Gasteiger partial charge < -0.3 is 19.1 Å². The van der Waals surface area contributed by atoms with Crippen molar-refractivity contribution in [2.45, 2.75) is 27.3 Å². The molecule has 28 heavy (non-hydrogen) atoms. The Morgan fingerprint density at radius 1 is 0.929 bits per heavy atom. The third-order valence-electron chi connectivity index (χ3n) is 4.69. The van der Waals surface area contributed by atoms with Crippen molar-refractivity contribution in [3.8, 4) is 5.75 Å². The van der Waals surface area contributed by atoms with Gasteiger partial charge in [0.1, 0.15) is 18.9 Å². The number of carboxylic acid groups (broad SMARTS) is 1. The zero-order chi connectivity index (χ0) is 21.2. The minimum absolute atomic E-state index is 0.158. The molecule has 0 N–H and O–H groups in total. The van der Waals surface area contributed by atoms with Gasteiger partial charge in [0, 0.05) is 11.6 Å². The van der Waals surface area contributed by atoms with E-state index >= 15 is 0 Å². The van der Waals surface area contributed by atoms with E-state index in [4.69, 9.17) is 39.5 Å². The maximum absolute atomic E-state index is 10.1. The van der Waals surface area contributed by atoms with Gasteiger partial charge in [0.05, 0.1) is 40.7 Å². The molecule has 0 bridgehead atoms. The number of halogens is 3. The predicted octanol–water partition coefficient (Wildman–Crippen LogP) is 4.84. The summed E-state index contributed by atoms with van der Waals surface area (Å²) >= 11 is 17.0. The van der Waals surface area contributed by atoms with E-state index in [-0.39, 0.29) is 20.8 Å². The van der Waals surface area contributed by atoms with E-state index in [1.165, 1.54) is 48.4 Å². The van der Waals surface area contributed by atoms with E-state index in [9.17, 15) is 9.90 Å². The summed E-state index contributed by atoms with van der Waals surface area (Å²) in [5.41, 5.74) is 1.46. The van der Waals surface area contributed by atoms with E-state index in [1.807, 2.05) is 0 Å². The summed E-state index contributed by atoms with van der Waals surface area (Å²) in [5, 5.41) is 10.8. The van der Waals surface area contributed by atoms with Crippen molar-refractivity contribution in [1.82, 2.24) is 0 Å². The van der Waals surface area contributed by atoms with Gasteiger partial charge in [-0.3, -0.25) is 0 Å². The van der Waals surface area contributed by atoms with Gasteiger partial charge in [-0.25, -0.2) is 0 Å². The number of ether oxygens (including phenoxy) is 1. The monoisotopic (exact) mass is 445 g/mol. The Kier molecular flexibility index (Phi) is 10.7. The molecule has 2 aromatic rings. The van der Waals surface area contributed by atoms with Crippen molar-refractivity contribution in [2.75, 3.05) is 26.2 Å². The number of carboxylic acids is 1. The summed E-state index contributed by atoms with van der Waals surface area (Å²) in [6.07, 6.45) is 0. The topological polar surface area (TPSA) is 49.4 Å². The van der Waals surface area contributed by atoms with E-state index in [2.05, 4.69) is 51.1 Å². The summed E-state index contributed by atoms with van der Waals surface area (Å²) in [6, 6.07) is 13.5. The maximum Gasteiger partial charge on any atom is 0.140 e. The highest BCUT2D eigenvalue weighted by Gasteiger charge is 2.20. The average molecular weight is 447 g/mol. The molecule has 7 heteroatoms. The number of quaternary nitrogens is 1. The molecule has 4 nitrogen and oxygen atoms in total. The number of rotatable bonds is 8. The third kappa shape index (κ3) is 7.88. The number of hydrogen-bond donors (Lipinski definition) is 0. The van der Waals surface area contributed by atoms with Crippen molar-refractivity contribution in [3.63, 3.8) is 0 Å². The second kappa shape index (κ2) is 12.2. The van der Waals surface area contributed by atoms with E-state index in [0.717, 1.165) is 0 Å². The smallest absolute Gasteiger partial charge is 0.140 e. The molecule has 0 heterocycles. The highest BCUT2D eigenvalue weighted by Crippen LogP contribution is 2.33. The van der Waals surface area contributed by atoms with Gasteiger partial charge >= 0.3 is 0 Å². The minimum atomic E-state index is -1.34. The van der Waals surface area contributed by atoms with Crippen LogP contribution in [0, 0.1) is 0 Å². The molecule has 0 aliphatic carbocycles. The van der Waals surface area contributed by atoms with E-state index in [0.29, 0.717) is 0 Å². The van der Waals surface area contributed by atoms with Crippen LogP contribution in [-0.2, 0) is 11.3 Å². The first-order valence-corrected chi connectivity index (χ1v) is 10.3. The Balaban J connectivity index is 0.000000280. The third-order valence-corrected chi connectivity index (χ3v) is 5.71. The molecule has 0 saturated carbocycles. The van der Waals surface area contributed by atoms with E-state index in [1.54, 1.807) is 0 Å². The molecule has 0 aliphatic heterocycles. The Morgan fingerprint density at radius 3 is 1.96 bits per heavy atom. The van der Waals surface area contributed by atoms with E-state index < -0.39 is 12.6 Å². The van der Waals surface area contributed by atoms with Crippen LogP contribution in [0.3, 0.4) is 0 Å². The zero-order valence-electron chi connectivity index (χ0n) is 16.4. The minimum Gasteiger partial charge on any atom is -0.546 e. The summed E-state index contributed by atoms with van der Waals surface area (Å²) < 4.78 is 6.00. The number of benzene rings is 2. The average Bonchev–Trinajstić information content (AvgIpc) is 2.69. The van der Waals surface area contributed by atoms with Crippen LogP contribution in [0.5, 0.6) is 5.75 Å². The van der Waals surface area contributed by atoms with Crippen molar-refractivity contribution >= 4 is 40.8 Å². The SMILES string of the molecule is CC[N+](CC)(CC)Cc1ccccc1.O=C([O-])COc1cc(Cl)c(Cl)cc1Cl. The van der Waals surface area contributed by atoms with Crippen molar-refractivity contribution in [3.05, 3.63) is 63.1 Å². The standard InChI is InChI=1S/C13H22N.C8H5Cl3O3/c1-4-14(5-2,6-3)12-13-10-8-7-9-11-13;9-4-1-6(11)7(2-5(4)10)14-3-8(12)13/h7-11H,4-6,12H2,1-3H3;1-2H,3H2,(H,12,13)/q+1;/p-1. The largest absolute Gasteiger partial charge is 0.546 e. The second-order valence-corrected chi connectivity index (χ2v) is 7.51. The summed E-state index contributed by atoms with van der Waals surface area (Å²) in [5.74, 6) is -1.18. The Labute approximate surface area is 182 Å². The lowest BCUT2D eigenvalue weighted by atomic mass is 10.2. The molecular weight excluding hydrogens is 421 g/mol. The fraction of sp³-hybridized carbons (Fsp3) is 0.381. The lowest BCUT2D eigenvalue weighted by Crippen LogP contribution is -2.46. The first kappa shape index (κ1) is 24.6. The number of nitrogens with zero attached hydrogens (tertiary/aromatic N) is 1. The van der Waals surface area contributed by atoms with Gasteiger partial charge in [-0.15, -0.1) is 0 Å². The first-order valence-electron chi connectivity index (χ1n) is 9.13. The Hall–Kier alpha value is -1.46. The van der Waals surface area contributed by atoms with Crippen LogP contribution < -0.4 is 9.84 Å².